The fourth-order valence-electron chi connectivity index (χ4n) is 17.0. The molecule has 78 heavy (non-hydrogen) atoms. The standard InChI is InChI=1S/C76H64N2/c1-47-19-17-41-75(3)73(47)67-43-51(33-39-69(67)77(75)53-25-7-5-8-26-53)63-45-65(57-31-15-23-49-21-11-13-29-55(49)57)61-38-36-60-64(46-66(62-37-35-59(63)71(61)72(60)62)58-32-16-24-50-22-12-14-30-56(50)58)52-34-40-70-68(44-52)74-48(2)20-18-42-76(74,4)78(70)54-27-9-6-10-28-54/h5-16,21-40,43-48,73-74H,17-20,41-42H2,1-4H3. The van der Waals surface area contributed by atoms with Crippen LogP contribution in [-0.2, 0) is 0 Å². The lowest BCUT2D eigenvalue weighted by Crippen LogP contribution is -2.47. The molecule has 2 nitrogen and oxygen atoms in total. The van der Waals surface area contributed by atoms with Gasteiger partial charge < -0.3 is 9.80 Å². The van der Waals surface area contributed by atoms with Crippen molar-refractivity contribution in [3.63, 3.8) is 0 Å². The molecule has 12 aromatic carbocycles. The summed E-state index contributed by atoms with van der Waals surface area (Å²) in [5.41, 5.74) is 18.6. The van der Waals surface area contributed by atoms with E-state index in [9.17, 15) is 0 Å². The first-order chi connectivity index (χ1) is 38.3. The summed E-state index contributed by atoms with van der Waals surface area (Å²) in [6.07, 6.45) is 7.38. The Kier molecular flexibility index (Phi) is 10.1. The van der Waals surface area contributed by atoms with Crippen LogP contribution in [0.2, 0.25) is 0 Å². The highest BCUT2D eigenvalue weighted by Gasteiger charge is 2.54. The molecule has 0 radical (unpaired) electrons. The number of para-hydroxylation sites is 2. The van der Waals surface area contributed by atoms with E-state index in [0.717, 1.165) is 0 Å². The molecule has 6 unspecified atom stereocenters. The van der Waals surface area contributed by atoms with Gasteiger partial charge >= 0.3 is 0 Å². The average Bonchev–Trinajstić information content (AvgIpc) is 4.01. The molecule has 16 rings (SSSR count). The van der Waals surface area contributed by atoms with Gasteiger partial charge in [-0.1, -0.05) is 184 Å². The molecule has 2 aliphatic heterocycles. The van der Waals surface area contributed by atoms with E-state index in [0.29, 0.717) is 23.7 Å². The van der Waals surface area contributed by atoms with Gasteiger partial charge in [0.1, 0.15) is 0 Å². The molecular weight excluding hydrogens is 941 g/mol. The highest BCUT2D eigenvalue weighted by molar-refractivity contribution is 6.33. The van der Waals surface area contributed by atoms with Gasteiger partial charge in [0, 0.05) is 45.7 Å². The molecule has 378 valence electrons. The molecule has 2 saturated carbocycles. The van der Waals surface area contributed by atoms with E-state index in [1.807, 2.05) is 0 Å². The zero-order valence-corrected chi connectivity index (χ0v) is 45.2. The minimum atomic E-state index is -0.00377. The predicted molar refractivity (Wildman–Crippen MR) is 332 cm³/mol. The minimum Gasteiger partial charge on any atom is -0.335 e. The number of hydrogen-bond donors (Lipinski definition) is 0. The lowest BCUT2D eigenvalue weighted by molar-refractivity contribution is 0.223. The van der Waals surface area contributed by atoms with Crippen molar-refractivity contribution in [1.29, 1.82) is 0 Å². The molecule has 0 bridgehead atoms. The molecule has 0 amide bonds. The second kappa shape index (κ2) is 17.1. The van der Waals surface area contributed by atoms with E-state index in [1.54, 1.807) is 0 Å². The Balaban J connectivity index is 1.000. The van der Waals surface area contributed by atoms with E-state index < -0.39 is 0 Å². The smallest absolute Gasteiger partial charge is 0.0495 e. The van der Waals surface area contributed by atoms with Gasteiger partial charge in [-0.3, -0.25) is 0 Å². The quantitative estimate of drug-likeness (QED) is 0.153. The highest BCUT2D eigenvalue weighted by atomic mass is 15.2. The lowest BCUT2D eigenvalue weighted by atomic mass is 9.67. The van der Waals surface area contributed by atoms with Crippen LogP contribution in [0.5, 0.6) is 0 Å². The van der Waals surface area contributed by atoms with E-state index >= 15 is 0 Å². The Labute approximate surface area is 458 Å². The lowest BCUT2D eigenvalue weighted by Gasteiger charge is -2.46. The predicted octanol–water partition coefficient (Wildman–Crippen LogP) is 21.2. The van der Waals surface area contributed by atoms with Crippen LogP contribution in [0.25, 0.3) is 98.4 Å². The number of benzene rings is 12. The summed E-state index contributed by atoms with van der Waals surface area (Å²) >= 11 is 0. The Morgan fingerprint density at radius 1 is 0.346 bits per heavy atom. The third-order valence-corrected chi connectivity index (χ3v) is 20.1. The van der Waals surface area contributed by atoms with Gasteiger partial charge in [-0.2, -0.15) is 0 Å². The van der Waals surface area contributed by atoms with Gasteiger partial charge in [0.15, 0.2) is 0 Å². The number of rotatable bonds is 6. The molecule has 2 heteroatoms. The molecule has 0 aromatic heterocycles. The summed E-state index contributed by atoms with van der Waals surface area (Å²) in [5.74, 6) is 1.98. The fourth-order valence-corrected chi connectivity index (χ4v) is 17.0. The van der Waals surface area contributed by atoms with Crippen LogP contribution in [0.3, 0.4) is 0 Å². The van der Waals surface area contributed by atoms with Crippen molar-refractivity contribution < 1.29 is 0 Å². The normalized spacial score (nSPS) is 22.6. The topological polar surface area (TPSA) is 6.48 Å². The highest BCUT2D eigenvalue weighted by Crippen LogP contribution is 2.62. The molecule has 6 atom stereocenters. The van der Waals surface area contributed by atoms with E-state index in [-0.39, 0.29) is 11.1 Å². The molecule has 0 N–H and O–H groups in total. The first-order valence-electron chi connectivity index (χ1n) is 29.0. The van der Waals surface area contributed by atoms with Crippen molar-refractivity contribution in [3.8, 4) is 44.5 Å². The van der Waals surface area contributed by atoms with Crippen LogP contribution >= 0.6 is 0 Å². The Hall–Kier alpha value is -8.20. The SMILES string of the molecule is CC1CCCC2(C)C1c1cc(-c3cc(-c4cccc5ccccc45)c4ccc5c(-c6ccc7c(c6)C6C(C)CCCC6(C)N7c6ccccc6)cc(-c6cccc7ccccc67)c6ccc3c4c56)ccc1N2c1ccccc1. The van der Waals surface area contributed by atoms with Crippen LogP contribution in [0.4, 0.5) is 22.7 Å². The van der Waals surface area contributed by atoms with Crippen molar-refractivity contribution in [1.82, 2.24) is 0 Å². The third-order valence-electron chi connectivity index (χ3n) is 20.1. The minimum absolute atomic E-state index is 0.00377. The van der Waals surface area contributed by atoms with Crippen LogP contribution in [0.15, 0.2) is 218 Å². The van der Waals surface area contributed by atoms with E-state index in [4.69, 9.17) is 0 Å². The van der Waals surface area contributed by atoms with Crippen LogP contribution in [-0.4, -0.2) is 11.1 Å². The van der Waals surface area contributed by atoms with Crippen LogP contribution < -0.4 is 9.80 Å². The summed E-state index contributed by atoms with van der Waals surface area (Å²) in [6, 6.07) is 84.3. The second-order valence-electron chi connectivity index (χ2n) is 24.4. The van der Waals surface area contributed by atoms with Gasteiger partial charge in [0.25, 0.3) is 0 Å². The van der Waals surface area contributed by atoms with Crippen LogP contribution in [0, 0.1) is 11.8 Å². The molecule has 0 saturated heterocycles. The molecule has 4 aliphatic rings. The number of hydrogen-bond acceptors (Lipinski definition) is 2. The van der Waals surface area contributed by atoms with Crippen molar-refractivity contribution in [2.45, 2.75) is 89.1 Å². The summed E-state index contributed by atoms with van der Waals surface area (Å²) in [6.45, 7) is 10.1. The Bertz CT molecular complexity index is 4090. The van der Waals surface area contributed by atoms with Gasteiger partial charge in [-0.05, 0) is 222 Å². The third kappa shape index (κ3) is 6.50. The maximum atomic E-state index is 2.71. The van der Waals surface area contributed by atoms with Crippen molar-refractivity contribution in [2.75, 3.05) is 9.80 Å². The maximum absolute atomic E-state index is 2.71. The maximum Gasteiger partial charge on any atom is 0.0495 e. The summed E-state index contributed by atoms with van der Waals surface area (Å²) < 4.78 is 0. The largest absolute Gasteiger partial charge is 0.335 e. The van der Waals surface area contributed by atoms with Gasteiger partial charge in [0.2, 0.25) is 0 Å². The molecule has 2 heterocycles. The Morgan fingerprint density at radius 3 is 1.17 bits per heavy atom. The van der Waals surface area contributed by atoms with Crippen molar-refractivity contribution >= 4 is 76.6 Å². The van der Waals surface area contributed by atoms with Gasteiger partial charge in [-0.15, -0.1) is 0 Å². The second-order valence-corrected chi connectivity index (χ2v) is 24.4. The molecule has 12 aromatic rings. The average molecular weight is 1010 g/mol. The van der Waals surface area contributed by atoms with E-state index in [2.05, 4.69) is 256 Å². The summed E-state index contributed by atoms with van der Waals surface area (Å²) in [7, 11) is 0. The molecular formula is C76H64N2. The van der Waals surface area contributed by atoms with Gasteiger partial charge in [-0.25, -0.2) is 0 Å². The molecule has 0 spiro atoms. The number of anilines is 4. The number of nitrogens with zero attached hydrogens (tertiary/aromatic N) is 2. The van der Waals surface area contributed by atoms with Gasteiger partial charge in [0.05, 0.1) is 0 Å². The van der Waals surface area contributed by atoms with Crippen molar-refractivity contribution in [3.05, 3.63) is 230 Å². The van der Waals surface area contributed by atoms with E-state index in [1.165, 1.54) is 171 Å². The first kappa shape index (κ1) is 45.9. The first-order valence-corrected chi connectivity index (χ1v) is 29.0. The Morgan fingerprint density at radius 2 is 0.731 bits per heavy atom. The molecule has 2 fully saturated rings. The van der Waals surface area contributed by atoms with Crippen molar-refractivity contribution in [2.24, 2.45) is 11.8 Å². The fraction of sp³-hybridized carbons (Fsp3) is 0.211. The zero-order chi connectivity index (χ0) is 52.0. The number of fused-ring (bicyclic) bond motifs is 8. The molecule has 2 aliphatic carbocycles. The zero-order valence-electron chi connectivity index (χ0n) is 45.2. The summed E-state index contributed by atoms with van der Waals surface area (Å²) in [5, 5.41) is 13.0. The van der Waals surface area contributed by atoms with Crippen LogP contribution in [0.1, 0.15) is 89.2 Å². The summed E-state index contributed by atoms with van der Waals surface area (Å²) in [4.78, 5) is 5.42. The monoisotopic (exact) mass is 1000 g/mol.